The molecule has 5 heteroatoms. The van der Waals surface area contributed by atoms with Crippen LogP contribution in [0, 0.1) is 0 Å². The predicted octanol–water partition coefficient (Wildman–Crippen LogP) is 1.84. The highest BCUT2D eigenvalue weighted by Gasteiger charge is 2.03. The van der Waals surface area contributed by atoms with Gasteiger partial charge in [-0.15, -0.1) is 0 Å². The van der Waals surface area contributed by atoms with Gasteiger partial charge in [-0.25, -0.2) is 0 Å². The summed E-state index contributed by atoms with van der Waals surface area (Å²) >= 11 is 1.26. The number of hydrogen-bond donors (Lipinski definition) is 2. The number of hydrogen-bond acceptors (Lipinski definition) is 4. The summed E-state index contributed by atoms with van der Waals surface area (Å²) in [5, 5.41) is 4.26. The van der Waals surface area contributed by atoms with Crippen LogP contribution >= 0.6 is 11.5 Å². The summed E-state index contributed by atoms with van der Waals surface area (Å²) in [5.41, 5.74) is 7.33. The maximum absolute atomic E-state index is 10.8. The largest absolute Gasteiger partial charge is 0.389 e. The van der Waals surface area contributed by atoms with Gasteiger partial charge in [-0.1, -0.05) is 0 Å². The van der Waals surface area contributed by atoms with E-state index in [2.05, 4.69) is 9.69 Å². The quantitative estimate of drug-likeness (QED) is 0.749. The molecule has 0 saturated carbocycles. The summed E-state index contributed by atoms with van der Waals surface area (Å²) in [4.78, 5) is 10.8. The van der Waals surface area contributed by atoms with Crippen LogP contribution < -0.4 is 11.1 Å². The number of fused-ring (bicyclic) bond motifs is 1. The molecule has 0 unspecified atom stereocenters. The Morgan fingerprint density at radius 2 is 2.36 bits per heavy atom. The molecule has 1 amide bonds. The van der Waals surface area contributed by atoms with Crippen LogP contribution in [0.1, 0.15) is 6.92 Å². The van der Waals surface area contributed by atoms with Crippen LogP contribution in [0.15, 0.2) is 18.2 Å². The van der Waals surface area contributed by atoms with Gasteiger partial charge < -0.3 is 11.1 Å². The van der Waals surface area contributed by atoms with Gasteiger partial charge in [-0.3, -0.25) is 4.79 Å². The van der Waals surface area contributed by atoms with Crippen molar-refractivity contribution < 1.29 is 4.79 Å². The van der Waals surface area contributed by atoms with Crippen molar-refractivity contribution in [3.8, 4) is 0 Å². The van der Waals surface area contributed by atoms with Gasteiger partial charge in [0.1, 0.15) is 5.00 Å². The van der Waals surface area contributed by atoms with Crippen molar-refractivity contribution in [1.29, 1.82) is 0 Å². The number of nitrogen functional groups attached to an aromatic ring is 1. The summed E-state index contributed by atoms with van der Waals surface area (Å²) in [6.07, 6.45) is 0. The Morgan fingerprint density at radius 3 is 3.07 bits per heavy atom. The van der Waals surface area contributed by atoms with E-state index in [0.717, 1.165) is 16.6 Å². The van der Waals surface area contributed by atoms with Crippen LogP contribution in [0.3, 0.4) is 0 Å². The topological polar surface area (TPSA) is 68.0 Å². The highest BCUT2D eigenvalue weighted by atomic mass is 32.1. The normalized spacial score (nSPS) is 10.4. The summed E-state index contributed by atoms with van der Waals surface area (Å²) in [6, 6.07) is 5.48. The van der Waals surface area contributed by atoms with Gasteiger partial charge in [0.05, 0.1) is 5.52 Å². The number of aromatic nitrogens is 1. The Morgan fingerprint density at radius 1 is 1.57 bits per heavy atom. The molecule has 0 fully saturated rings. The summed E-state index contributed by atoms with van der Waals surface area (Å²) in [5.74, 6) is -0.0916. The molecule has 4 nitrogen and oxygen atoms in total. The lowest BCUT2D eigenvalue weighted by Gasteiger charge is -2.00. The predicted molar refractivity (Wildman–Crippen MR) is 58.3 cm³/mol. The molecule has 72 valence electrons. The van der Waals surface area contributed by atoms with E-state index in [9.17, 15) is 4.79 Å². The molecule has 14 heavy (non-hydrogen) atoms. The van der Waals surface area contributed by atoms with Gasteiger partial charge in [0.15, 0.2) is 0 Å². The number of anilines is 2. The second-order valence-corrected chi connectivity index (χ2v) is 3.76. The first kappa shape index (κ1) is 8.96. The minimum Gasteiger partial charge on any atom is -0.389 e. The molecular formula is C9H9N3OS. The lowest BCUT2D eigenvalue weighted by molar-refractivity contribution is -0.114. The van der Waals surface area contributed by atoms with Gasteiger partial charge >= 0.3 is 0 Å². The van der Waals surface area contributed by atoms with Crippen LogP contribution in [-0.4, -0.2) is 10.3 Å². The maximum atomic E-state index is 10.8. The van der Waals surface area contributed by atoms with Crippen molar-refractivity contribution in [2.24, 2.45) is 0 Å². The fourth-order valence-corrected chi connectivity index (χ4v) is 1.86. The van der Waals surface area contributed by atoms with Crippen LogP contribution in [0.4, 0.5) is 10.7 Å². The first-order valence-corrected chi connectivity index (χ1v) is 4.86. The Bertz CT molecular complexity index is 492. The Labute approximate surface area is 84.9 Å². The van der Waals surface area contributed by atoms with Crippen molar-refractivity contribution in [3.63, 3.8) is 0 Å². The summed E-state index contributed by atoms with van der Waals surface area (Å²) in [7, 11) is 0. The molecular weight excluding hydrogens is 198 g/mol. The van der Waals surface area contributed by atoms with Gasteiger partial charge in [0.2, 0.25) is 5.91 Å². The number of benzene rings is 1. The lowest BCUT2D eigenvalue weighted by atomic mass is 10.2. The van der Waals surface area contributed by atoms with Crippen molar-refractivity contribution in [1.82, 2.24) is 4.37 Å². The van der Waals surface area contributed by atoms with E-state index in [1.807, 2.05) is 18.2 Å². The summed E-state index contributed by atoms with van der Waals surface area (Å²) in [6.45, 7) is 1.47. The Hall–Kier alpha value is -1.62. The molecule has 0 aliphatic heterocycles. The van der Waals surface area contributed by atoms with Crippen LogP contribution in [0.2, 0.25) is 0 Å². The number of nitrogens with zero attached hydrogens (tertiary/aromatic N) is 1. The van der Waals surface area contributed by atoms with Gasteiger partial charge in [0, 0.05) is 18.0 Å². The number of rotatable bonds is 1. The second-order valence-electron chi connectivity index (χ2n) is 2.96. The van der Waals surface area contributed by atoms with E-state index in [4.69, 9.17) is 5.73 Å². The molecule has 1 heterocycles. The van der Waals surface area contributed by atoms with E-state index >= 15 is 0 Å². The lowest BCUT2D eigenvalue weighted by Crippen LogP contribution is -2.05. The van der Waals surface area contributed by atoms with E-state index in [0.29, 0.717) is 5.00 Å². The first-order valence-electron chi connectivity index (χ1n) is 4.09. The maximum Gasteiger partial charge on any atom is 0.221 e. The SMILES string of the molecule is CC(=O)Nc1ccc2nsc(N)c2c1. The summed E-state index contributed by atoms with van der Waals surface area (Å²) < 4.78 is 4.14. The molecule has 0 radical (unpaired) electrons. The van der Waals surface area contributed by atoms with Crippen LogP contribution in [-0.2, 0) is 4.79 Å². The monoisotopic (exact) mass is 207 g/mol. The van der Waals surface area contributed by atoms with E-state index < -0.39 is 0 Å². The van der Waals surface area contributed by atoms with Crippen molar-refractivity contribution >= 4 is 39.0 Å². The Balaban J connectivity index is 2.49. The third-order valence-electron chi connectivity index (χ3n) is 1.82. The number of nitrogens with two attached hydrogens (primary N) is 1. The van der Waals surface area contributed by atoms with Gasteiger partial charge in [-0.2, -0.15) is 4.37 Å². The average molecular weight is 207 g/mol. The second kappa shape index (κ2) is 3.26. The molecule has 0 atom stereocenters. The van der Waals surface area contributed by atoms with Gasteiger partial charge in [0.25, 0.3) is 0 Å². The Kier molecular flexibility index (Phi) is 2.09. The van der Waals surface area contributed by atoms with Crippen LogP contribution in [0.25, 0.3) is 10.9 Å². The first-order chi connectivity index (χ1) is 6.66. The average Bonchev–Trinajstić information content (AvgIpc) is 2.47. The van der Waals surface area contributed by atoms with Crippen LogP contribution in [0.5, 0.6) is 0 Å². The van der Waals surface area contributed by atoms with E-state index in [1.165, 1.54) is 18.5 Å². The number of carbonyl (C=O) groups is 1. The molecule has 0 saturated heterocycles. The van der Waals surface area contributed by atoms with Crippen molar-refractivity contribution in [2.75, 3.05) is 11.1 Å². The molecule has 2 aromatic rings. The fourth-order valence-electron chi connectivity index (χ4n) is 1.24. The molecule has 0 aliphatic carbocycles. The zero-order valence-corrected chi connectivity index (χ0v) is 8.39. The number of nitrogens with one attached hydrogen (secondary N) is 1. The molecule has 0 bridgehead atoms. The molecule has 1 aromatic carbocycles. The van der Waals surface area contributed by atoms with Gasteiger partial charge in [-0.05, 0) is 29.7 Å². The highest BCUT2D eigenvalue weighted by Crippen LogP contribution is 2.27. The molecule has 0 spiro atoms. The highest BCUT2D eigenvalue weighted by molar-refractivity contribution is 7.11. The minimum atomic E-state index is -0.0916. The van der Waals surface area contributed by atoms with Crippen molar-refractivity contribution in [3.05, 3.63) is 18.2 Å². The smallest absolute Gasteiger partial charge is 0.221 e. The van der Waals surface area contributed by atoms with E-state index in [-0.39, 0.29) is 5.91 Å². The molecule has 3 N–H and O–H groups in total. The van der Waals surface area contributed by atoms with Crippen molar-refractivity contribution in [2.45, 2.75) is 6.92 Å². The fraction of sp³-hybridized carbons (Fsp3) is 0.111. The molecule has 0 aliphatic rings. The standard InChI is InChI=1S/C9H9N3OS/c1-5(13)11-6-2-3-8-7(4-6)9(10)14-12-8/h2-4H,10H2,1H3,(H,11,13). The zero-order chi connectivity index (χ0) is 10.1. The number of carbonyl (C=O) groups excluding carboxylic acids is 1. The zero-order valence-electron chi connectivity index (χ0n) is 7.57. The van der Waals surface area contributed by atoms with E-state index in [1.54, 1.807) is 0 Å². The third kappa shape index (κ3) is 1.54. The molecule has 1 aromatic heterocycles. The third-order valence-corrected chi connectivity index (χ3v) is 2.53. The number of amides is 1. The minimum absolute atomic E-state index is 0.0916. The molecule has 2 rings (SSSR count).